The van der Waals surface area contributed by atoms with Crippen LogP contribution < -0.4 is 11.1 Å². The van der Waals surface area contributed by atoms with Crippen molar-refractivity contribution in [2.75, 3.05) is 5.73 Å². The third-order valence-electron chi connectivity index (χ3n) is 4.21. The summed E-state index contributed by atoms with van der Waals surface area (Å²) < 4.78 is 0. The second-order valence-corrected chi connectivity index (χ2v) is 5.83. The lowest BCUT2D eigenvalue weighted by molar-refractivity contribution is -0.121. The number of nitrogens with one attached hydrogen (secondary N) is 1. The minimum absolute atomic E-state index is 0. The van der Waals surface area contributed by atoms with Crippen molar-refractivity contribution in [3.8, 4) is 0 Å². The van der Waals surface area contributed by atoms with E-state index >= 15 is 0 Å². The van der Waals surface area contributed by atoms with Gasteiger partial charge in [-0.1, -0.05) is 6.07 Å². The third-order valence-corrected chi connectivity index (χ3v) is 4.21. The van der Waals surface area contributed by atoms with Gasteiger partial charge in [0.15, 0.2) is 0 Å². The van der Waals surface area contributed by atoms with Gasteiger partial charge in [-0.25, -0.2) is 0 Å². The number of amides is 1. The maximum absolute atomic E-state index is 12.2. The number of hydrogen-bond acceptors (Lipinski definition) is 3. The first-order valence-corrected chi connectivity index (χ1v) is 7.79. The van der Waals surface area contributed by atoms with Crippen LogP contribution in [0.4, 0.5) is 5.69 Å². The zero-order valence-electron chi connectivity index (χ0n) is 13.4. The van der Waals surface area contributed by atoms with Gasteiger partial charge in [-0.3, -0.25) is 9.78 Å². The molecule has 1 aromatic heterocycles. The Morgan fingerprint density at radius 3 is 2.71 bits per heavy atom. The molecule has 130 valence electrons. The van der Waals surface area contributed by atoms with E-state index in [9.17, 15) is 4.79 Å². The molecular weight excluding hydrogens is 345 g/mol. The topological polar surface area (TPSA) is 68.0 Å². The smallest absolute Gasteiger partial charge is 0.220 e. The minimum Gasteiger partial charge on any atom is -0.399 e. The number of aromatic nitrogens is 1. The second-order valence-electron chi connectivity index (χ2n) is 5.83. The van der Waals surface area contributed by atoms with Gasteiger partial charge in [0.25, 0.3) is 0 Å². The molecule has 0 bridgehead atoms. The number of hydrogen-bond donors (Lipinski definition) is 2. The van der Waals surface area contributed by atoms with Crippen molar-refractivity contribution in [3.63, 3.8) is 0 Å². The molecular formula is C18H23Cl2N3O. The lowest BCUT2D eigenvalue weighted by atomic mass is 9.87. The van der Waals surface area contributed by atoms with Crippen molar-refractivity contribution >= 4 is 36.4 Å². The average Bonchev–Trinajstić information content (AvgIpc) is 2.54. The second kappa shape index (κ2) is 9.50. The van der Waals surface area contributed by atoms with Crippen LogP contribution in [0.25, 0.3) is 0 Å². The minimum atomic E-state index is 0. The number of benzene rings is 1. The molecule has 3 N–H and O–H groups in total. The Morgan fingerprint density at radius 1 is 1.21 bits per heavy atom. The Kier molecular flexibility index (Phi) is 8.02. The Labute approximate surface area is 155 Å². The standard InChI is InChI=1S/C18H21N3O.2ClH/c19-15-5-6-16-14(12-15)2-1-3-17(16)21-18(22)7-4-13-8-10-20-11-9-13;;/h5-6,8-12,17H,1-4,7,19H2,(H,21,22);2*1H. The lowest BCUT2D eigenvalue weighted by Crippen LogP contribution is -2.31. The molecule has 1 aliphatic carbocycles. The monoisotopic (exact) mass is 367 g/mol. The van der Waals surface area contributed by atoms with E-state index in [0.29, 0.717) is 6.42 Å². The highest BCUT2D eigenvalue weighted by Crippen LogP contribution is 2.31. The Morgan fingerprint density at radius 2 is 1.96 bits per heavy atom. The number of aryl methyl sites for hydroxylation is 2. The molecule has 1 amide bonds. The van der Waals surface area contributed by atoms with Gasteiger partial charge in [-0.2, -0.15) is 0 Å². The number of nitrogen functional groups attached to an aromatic ring is 1. The molecule has 0 radical (unpaired) electrons. The maximum atomic E-state index is 12.2. The highest BCUT2D eigenvalue weighted by Gasteiger charge is 2.21. The SMILES string of the molecule is Cl.Cl.Nc1ccc2c(c1)CCCC2NC(=O)CCc1ccncc1. The molecule has 0 saturated heterocycles. The summed E-state index contributed by atoms with van der Waals surface area (Å²) in [6.45, 7) is 0. The first-order chi connectivity index (χ1) is 10.7. The lowest BCUT2D eigenvalue weighted by Gasteiger charge is -2.26. The normalized spacial score (nSPS) is 15.4. The van der Waals surface area contributed by atoms with Crippen molar-refractivity contribution in [2.24, 2.45) is 0 Å². The van der Waals surface area contributed by atoms with Crippen LogP contribution in [0.5, 0.6) is 0 Å². The van der Waals surface area contributed by atoms with E-state index in [1.165, 1.54) is 11.1 Å². The quantitative estimate of drug-likeness (QED) is 0.810. The van der Waals surface area contributed by atoms with E-state index in [1.807, 2.05) is 24.3 Å². The van der Waals surface area contributed by atoms with Gasteiger partial charge in [0.05, 0.1) is 6.04 Å². The summed E-state index contributed by atoms with van der Waals surface area (Å²) in [4.78, 5) is 16.2. The number of rotatable bonds is 4. The third kappa shape index (κ3) is 5.11. The number of fused-ring (bicyclic) bond motifs is 1. The largest absolute Gasteiger partial charge is 0.399 e. The van der Waals surface area contributed by atoms with Gasteiger partial charge in [0.1, 0.15) is 0 Å². The van der Waals surface area contributed by atoms with E-state index in [4.69, 9.17) is 5.73 Å². The van der Waals surface area contributed by atoms with Crippen molar-refractivity contribution in [1.29, 1.82) is 0 Å². The molecule has 0 saturated carbocycles. The summed E-state index contributed by atoms with van der Waals surface area (Å²) in [5.74, 6) is 0.103. The molecule has 24 heavy (non-hydrogen) atoms. The van der Waals surface area contributed by atoms with E-state index in [-0.39, 0.29) is 36.8 Å². The first kappa shape index (κ1) is 20.3. The highest BCUT2D eigenvalue weighted by molar-refractivity contribution is 5.85. The van der Waals surface area contributed by atoms with E-state index in [1.54, 1.807) is 12.4 Å². The molecule has 4 nitrogen and oxygen atoms in total. The zero-order chi connectivity index (χ0) is 15.4. The molecule has 0 fully saturated rings. The average molecular weight is 368 g/mol. The Hall–Kier alpha value is -1.78. The molecule has 1 aliphatic rings. The molecule has 0 spiro atoms. The maximum Gasteiger partial charge on any atom is 0.220 e. The van der Waals surface area contributed by atoms with Crippen LogP contribution in [0, 0.1) is 0 Å². The van der Waals surface area contributed by atoms with Crippen molar-refractivity contribution in [2.45, 2.75) is 38.1 Å². The number of pyridine rings is 1. The predicted octanol–water partition coefficient (Wildman–Crippen LogP) is 3.63. The number of anilines is 1. The van der Waals surface area contributed by atoms with Gasteiger partial charge >= 0.3 is 0 Å². The van der Waals surface area contributed by atoms with Crippen LogP contribution in [-0.2, 0) is 17.6 Å². The van der Waals surface area contributed by atoms with E-state index < -0.39 is 0 Å². The van der Waals surface area contributed by atoms with Gasteiger partial charge < -0.3 is 11.1 Å². The van der Waals surface area contributed by atoms with Gasteiger partial charge in [0, 0.05) is 24.5 Å². The molecule has 2 aromatic rings. The molecule has 6 heteroatoms. The summed E-state index contributed by atoms with van der Waals surface area (Å²) in [6, 6.07) is 10.0. The Bertz CT molecular complexity index is 665. The summed E-state index contributed by atoms with van der Waals surface area (Å²) in [5.41, 5.74) is 10.3. The fourth-order valence-electron chi connectivity index (χ4n) is 3.06. The summed E-state index contributed by atoms with van der Waals surface area (Å²) in [7, 11) is 0. The van der Waals surface area contributed by atoms with Crippen molar-refractivity contribution < 1.29 is 4.79 Å². The molecule has 1 unspecified atom stereocenters. The number of halogens is 2. The van der Waals surface area contributed by atoms with Crippen LogP contribution >= 0.6 is 24.8 Å². The van der Waals surface area contributed by atoms with Crippen LogP contribution in [0.3, 0.4) is 0 Å². The summed E-state index contributed by atoms with van der Waals surface area (Å²) in [5, 5.41) is 3.17. The van der Waals surface area contributed by atoms with Crippen LogP contribution in [-0.4, -0.2) is 10.9 Å². The summed E-state index contributed by atoms with van der Waals surface area (Å²) in [6.07, 6.45) is 7.90. The highest BCUT2D eigenvalue weighted by atomic mass is 35.5. The molecule has 0 aliphatic heterocycles. The van der Waals surface area contributed by atoms with E-state index in [0.717, 1.165) is 36.9 Å². The molecule has 1 aromatic carbocycles. The number of carbonyl (C=O) groups excluding carboxylic acids is 1. The molecule has 3 rings (SSSR count). The summed E-state index contributed by atoms with van der Waals surface area (Å²) >= 11 is 0. The zero-order valence-corrected chi connectivity index (χ0v) is 15.0. The van der Waals surface area contributed by atoms with Gasteiger partial charge in [-0.15, -0.1) is 24.8 Å². The van der Waals surface area contributed by atoms with Crippen LogP contribution in [0.2, 0.25) is 0 Å². The van der Waals surface area contributed by atoms with Crippen molar-refractivity contribution in [3.05, 3.63) is 59.4 Å². The first-order valence-electron chi connectivity index (χ1n) is 7.79. The fourth-order valence-corrected chi connectivity index (χ4v) is 3.06. The van der Waals surface area contributed by atoms with Gasteiger partial charge in [0.2, 0.25) is 5.91 Å². The van der Waals surface area contributed by atoms with Crippen LogP contribution in [0.15, 0.2) is 42.7 Å². The molecule has 1 atom stereocenters. The van der Waals surface area contributed by atoms with E-state index in [2.05, 4.69) is 16.4 Å². The van der Waals surface area contributed by atoms with Crippen molar-refractivity contribution in [1.82, 2.24) is 10.3 Å². The molecule has 1 heterocycles. The number of nitrogens with two attached hydrogens (primary N) is 1. The van der Waals surface area contributed by atoms with Gasteiger partial charge in [-0.05, 0) is 66.6 Å². The van der Waals surface area contributed by atoms with Crippen LogP contribution in [0.1, 0.15) is 42.0 Å². The Balaban J connectivity index is 0.00000144. The number of carbonyl (C=O) groups is 1. The predicted molar refractivity (Wildman–Crippen MR) is 102 cm³/mol. The number of nitrogens with zero attached hydrogens (tertiary/aromatic N) is 1. The fraction of sp³-hybridized carbons (Fsp3) is 0.333.